The van der Waals surface area contributed by atoms with Gasteiger partial charge in [0.25, 0.3) is 0 Å². The van der Waals surface area contributed by atoms with E-state index in [1.807, 2.05) is 42.5 Å². The highest BCUT2D eigenvalue weighted by atomic mass is 19.1. The molecule has 1 saturated heterocycles. The average Bonchev–Trinajstić information content (AvgIpc) is 2.85. The summed E-state index contributed by atoms with van der Waals surface area (Å²) in [6, 6.07) is 22.0. The molecule has 0 unspecified atom stereocenters. The molecule has 162 valence electrons. The van der Waals surface area contributed by atoms with E-state index in [1.165, 1.54) is 12.1 Å². The summed E-state index contributed by atoms with van der Waals surface area (Å²) in [5.74, 6) is 1.78. The molecular weight excluding hydrogens is 403 g/mol. The molecule has 5 rings (SSSR count). The van der Waals surface area contributed by atoms with E-state index in [-0.39, 0.29) is 5.82 Å². The van der Waals surface area contributed by atoms with Crippen molar-refractivity contribution in [3.8, 4) is 22.8 Å². The van der Waals surface area contributed by atoms with Crippen molar-refractivity contribution < 1.29 is 9.13 Å². The Labute approximate surface area is 187 Å². The largest absolute Gasteiger partial charge is 0.457 e. The summed E-state index contributed by atoms with van der Waals surface area (Å²) in [6.45, 7) is 7.18. The quantitative estimate of drug-likeness (QED) is 0.427. The molecule has 1 aromatic heterocycles. The predicted octanol–water partition coefficient (Wildman–Crippen LogP) is 5.37. The number of nitrogens with zero attached hydrogens (tertiary/aromatic N) is 4. The van der Waals surface area contributed by atoms with E-state index in [0.717, 1.165) is 60.8 Å². The van der Waals surface area contributed by atoms with Crippen LogP contribution in [0.25, 0.3) is 22.2 Å². The first kappa shape index (κ1) is 20.4. The predicted molar refractivity (Wildman–Crippen MR) is 126 cm³/mol. The van der Waals surface area contributed by atoms with Crippen molar-refractivity contribution in [2.75, 3.05) is 37.6 Å². The van der Waals surface area contributed by atoms with E-state index in [4.69, 9.17) is 14.7 Å². The SMILES string of the molecule is CCN1CCN(c2nc(-c3ccc(Oc4ccc(F)cc4)cc3)c3ccccc3n2)CC1. The molecule has 2 heterocycles. The topological polar surface area (TPSA) is 41.5 Å². The van der Waals surface area contributed by atoms with Crippen LogP contribution in [0.15, 0.2) is 72.8 Å². The van der Waals surface area contributed by atoms with Crippen LogP contribution in [0.4, 0.5) is 10.3 Å². The van der Waals surface area contributed by atoms with Gasteiger partial charge in [-0.25, -0.2) is 14.4 Å². The van der Waals surface area contributed by atoms with Crippen LogP contribution in [-0.2, 0) is 0 Å². The minimum Gasteiger partial charge on any atom is -0.457 e. The fourth-order valence-electron chi connectivity index (χ4n) is 4.01. The number of halogens is 1. The molecule has 1 aliphatic heterocycles. The number of piperazine rings is 1. The Morgan fingerprint density at radius 1 is 0.812 bits per heavy atom. The van der Waals surface area contributed by atoms with Crippen molar-refractivity contribution in [1.82, 2.24) is 14.9 Å². The van der Waals surface area contributed by atoms with Gasteiger partial charge >= 0.3 is 0 Å². The maximum Gasteiger partial charge on any atom is 0.226 e. The lowest BCUT2D eigenvalue weighted by Gasteiger charge is -2.34. The molecule has 5 nitrogen and oxygen atoms in total. The smallest absolute Gasteiger partial charge is 0.226 e. The third-order valence-electron chi connectivity index (χ3n) is 5.87. The highest BCUT2D eigenvalue weighted by Gasteiger charge is 2.20. The maximum atomic E-state index is 13.1. The molecule has 0 spiro atoms. The number of aromatic nitrogens is 2. The second kappa shape index (κ2) is 8.93. The van der Waals surface area contributed by atoms with Gasteiger partial charge in [0.15, 0.2) is 0 Å². The zero-order valence-electron chi connectivity index (χ0n) is 18.0. The van der Waals surface area contributed by atoms with Crippen molar-refractivity contribution in [1.29, 1.82) is 0 Å². The van der Waals surface area contributed by atoms with Crippen LogP contribution in [-0.4, -0.2) is 47.6 Å². The molecule has 1 aliphatic rings. The Bertz CT molecular complexity index is 1200. The Morgan fingerprint density at radius 2 is 1.47 bits per heavy atom. The lowest BCUT2D eigenvalue weighted by atomic mass is 10.1. The van der Waals surface area contributed by atoms with Crippen molar-refractivity contribution in [3.63, 3.8) is 0 Å². The first-order valence-electron chi connectivity index (χ1n) is 11.0. The van der Waals surface area contributed by atoms with Gasteiger partial charge in [0.1, 0.15) is 17.3 Å². The summed E-state index contributed by atoms with van der Waals surface area (Å²) in [6.07, 6.45) is 0. The van der Waals surface area contributed by atoms with E-state index < -0.39 is 0 Å². The normalized spacial score (nSPS) is 14.6. The minimum absolute atomic E-state index is 0.282. The number of anilines is 1. The summed E-state index contributed by atoms with van der Waals surface area (Å²) < 4.78 is 19.0. The summed E-state index contributed by atoms with van der Waals surface area (Å²) in [7, 11) is 0. The number of ether oxygens (including phenoxy) is 1. The van der Waals surface area contributed by atoms with Crippen LogP contribution in [0.2, 0.25) is 0 Å². The van der Waals surface area contributed by atoms with Crippen LogP contribution in [0, 0.1) is 5.82 Å². The standard InChI is InChI=1S/C26H25FN4O/c1-2-30-15-17-31(18-16-30)26-28-24-6-4-3-5-23(24)25(29-26)19-7-11-21(12-8-19)32-22-13-9-20(27)10-14-22/h3-14H,2,15-18H2,1H3. The van der Waals surface area contributed by atoms with Crippen LogP contribution in [0.5, 0.6) is 11.5 Å². The van der Waals surface area contributed by atoms with Crippen LogP contribution in [0.3, 0.4) is 0 Å². The van der Waals surface area contributed by atoms with Gasteiger partial charge in [0.05, 0.1) is 11.2 Å². The van der Waals surface area contributed by atoms with Gasteiger partial charge in [-0.3, -0.25) is 0 Å². The van der Waals surface area contributed by atoms with Gasteiger partial charge in [-0.05, 0) is 61.1 Å². The maximum absolute atomic E-state index is 13.1. The van der Waals surface area contributed by atoms with E-state index in [2.05, 4.69) is 22.8 Å². The van der Waals surface area contributed by atoms with Gasteiger partial charge in [0, 0.05) is 37.1 Å². The van der Waals surface area contributed by atoms with Crippen molar-refractivity contribution >= 4 is 16.9 Å². The molecule has 0 radical (unpaired) electrons. The number of likely N-dealkylation sites (N-methyl/N-ethyl adjacent to an activating group) is 1. The zero-order valence-corrected chi connectivity index (χ0v) is 18.0. The van der Waals surface area contributed by atoms with Gasteiger partial charge < -0.3 is 14.5 Å². The first-order chi connectivity index (χ1) is 15.7. The molecule has 0 saturated carbocycles. The number of hydrogen-bond donors (Lipinski definition) is 0. The number of rotatable bonds is 5. The second-order valence-electron chi connectivity index (χ2n) is 7.89. The van der Waals surface area contributed by atoms with Gasteiger partial charge in [-0.1, -0.05) is 25.1 Å². The molecule has 0 N–H and O–H groups in total. The second-order valence-corrected chi connectivity index (χ2v) is 7.89. The summed E-state index contributed by atoms with van der Waals surface area (Å²) in [5.41, 5.74) is 2.86. The molecule has 32 heavy (non-hydrogen) atoms. The van der Waals surface area contributed by atoms with Gasteiger partial charge in [-0.2, -0.15) is 0 Å². The summed E-state index contributed by atoms with van der Waals surface area (Å²) in [4.78, 5) is 14.6. The Morgan fingerprint density at radius 3 is 2.16 bits per heavy atom. The van der Waals surface area contributed by atoms with Crippen LogP contribution < -0.4 is 9.64 Å². The Kier molecular flexibility index (Phi) is 5.69. The summed E-state index contributed by atoms with van der Waals surface area (Å²) >= 11 is 0. The first-order valence-corrected chi connectivity index (χ1v) is 11.0. The minimum atomic E-state index is -0.282. The number of hydrogen-bond acceptors (Lipinski definition) is 5. The Hall–Kier alpha value is -3.51. The van der Waals surface area contributed by atoms with E-state index in [1.54, 1.807) is 12.1 Å². The molecule has 0 aliphatic carbocycles. The molecule has 0 amide bonds. The number of benzene rings is 3. The molecule has 6 heteroatoms. The van der Waals surface area contributed by atoms with Crippen molar-refractivity contribution in [2.45, 2.75) is 6.92 Å². The zero-order chi connectivity index (χ0) is 21.9. The molecule has 3 aromatic carbocycles. The molecule has 4 aromatic rings. The third-order valence-corrected chi connectivity index (χ3v) is 5.87. The number of fused-ring (bicyclic) bond motifs is 1. The molecule has 0 bridgehead atoms. The van der Waals surface area contributed by atoms with Crippen LogP contribution in [0.1, 0.15) is 6.92 Å². The van der Waals surface area contributed by atoms with Crippen molar-refractivity contribution in [3.05, 3.63) is 78.6 Å². The highest BCUT2D eigenvalue weighted by molar-refractivity contribution is 5.93. The monoisotopic (exact) mass is 428 g/mol. The highest BCUT2D eigenvalue weighted by Crippen LogP contribution is 2.31. The average molecular weight is 429 g/mol. The van der Waals surface area contributed by atoms with Crippen LogP contribution >= 0.6 is 0 Å². The van der Waals surface area contributed by atoms with Gasteiger partial charge in [-0.15, -0.1) is 0 Å². The Balaban J connectivity index is 1.45. The van der Waals surface area contributed by atoms with Gasteiger partial charge in [0.2, 0.25) is 5.95 Å². The lowest BCUT2D eigenvalue weighted by molar-refractivity contribution is 0.270. The van der Waals surface area contributed by atoms with E-state index in [9.17, 15) is 4.39 Å². The molecule has 1 fully saturated rings. The van der Waals surface area contributed by atoms with Crippen molar-refractivity contribution in [2.24, 2.45) is 0 Å². The lowest BCUT2D eigenvalue weighted by Crippen LogP contribution is -2.46. The molecular formula is C26H25FN4O. The van der Waals surface area contributed by atoms with E-state index in [0.29, 0.717) is 11.5 Å². The fraction of sp³-hybridized carbons (Fsp3) is 0.231. The van der Waals surface area contributed by atoms with E-state index >= 15 is 0 Å². The third kappa shape index (κ3) is 4.27. The fourth-order valence-corrected chi connectivity index (χ4v) is 4.01. The molecule has 0 atom stereocenters. The number of para-hydroxylation sites is 1. The summed E-state index contributed by atoms with van der Waals surface area (Å²) in [5, 5.41) is 1.02.